The molecule has 0 aromatic carbocycles. The molecule has 5 unspecified atom stereocenters. The van der Waals surface area contributed by atoms with Crippen LogP contribution in [0.25, 0.3) is 0 Å². The molecule has 0 aliphatic heterocycles. The van der Waals surface area contributed by atoms with E-state index < -0.39 is 0 Å². The van der Waals surface area contributed by atoms with Crippen molar-refractivity contribution in [1.29, 1.82) is 0 Å². The van der Waals surface area contributed by atoms with Gasteiger partial charge >= 0.3 is 0 Å². The lowest BCUT2D eigenvalue weighted by Gasteiger charge is -2.26. The monoisotopic (exact) mass is 225 g/mol. The van der Waals surface area contributed by atoms with Crippen LogP contribution in [0.15, 0.2) is 0 Å². The van der Waals surface area contributed by atoms with Crippen LogP contribution in [0.1, 0.15) is 45.4 Å². The molecule has 16 heavy (non-hydrogen) atoms. The summed E-state index contributed by atoms with van der Waals surface area (Å²) in [5.74, 6) is 3.63. The first-order valence-corrected chi connectivity index (χ1v) is 6.93. The molecule has 0 spiro atoms. The third kappa shape index (κ3) is 2.98. The number of fused-ring (bicyclic) bond motifs is 2. The van der Waals surface area contributed by atoms with Crippen molar-refractivity contribution in [2.45, 2.75) is 51.5 Å². The Kier molecular flexibility index (Phi) is 4.26. The summed E-state index contributed by atoms with van der Waals surface area (Å²) in [6, 6.07) is 0.398. The van der Waals surface area contributed by atoms with E-state index in [9.17, 15) is 0 Å². The smallest absolute Gasteiger partial charge is 0.0488 e. The molecule has 0 saturated heterocycles. The molecule has 2 aliphatic rings. The average Bonchev–Trinajstić information content (AvgIpc) is 2.78. The van der Waals surface area contributed by atoms with Crippen LogP contribution in [0, 0.1) is 23.7 Å². The van der Waals surface area contributed by atoms with Gasteiger partial charge in [0.15, 0.2) is 0 Å². The Hall–Kier alpha value is -0.0800. The Morgan fingerprint density at radius 3 is 2.69 bits per heavy atom. The molecule has 2 aliphatic carbocycles. The van der Waals surface area contributed by atoms with Crippen LogP contribution >= 0.6 is 0 Å². The van der Waals surface area contributed by atoms with E-state index in [0.29, 0.717) is 12.0 Å². The highest BCUT2D eigenvalue weighted by Gasteiger charge is 2.39. The Labute approximate surface area is 99.9 Å². The minimum Gasteiger partial charge on any atom is -0.384 e. The number of nitrogens with two attached hydrogens (primary N) is 1. The van der Waals surface area contributed by atoms with E-state index in [1.807, 2.05) is 0 Å². The summed E-state index contributed by atoms with van der Waals surface area (Å²) < 4.78 is 5.17. The molecule has 2 bridgehead atoms. The van der Waals surface area contributed by atoms with Gasteiger partial charge in [0.25, 0.3) is 0 Å². The van der Waals surface area contributed by atoms with Gasteiger partial charge in [0, 0.05) is 19.8 Å². The van der Waals surface area contributed by atoms with Crippen molar-refractivity contribution < 1.29 is 4.74 Å². The number of hydrogen-bond donors (Lipinski definition) is 1. The van der Waals surface area contributed by atoms with E-state index in [4.69, 9.17) is 10.5 Å². The molecule has 0 aromatic heterocycles. The fourth-order valence-electron chi connectivity index (χ4n) is 4.02. The molecule has 5 atom stereocenters. The summed E-state index contributed by atoms with van der Waals surface area (Å²) in [4.78, 5) is 0. The van der Waals surface area contributed by atoms with E-state index >= 15 is 0 Å². The Morgan fingerprint density at radius 2 is 2.12 bits per heavy atom. The van der Waals surface area contributed by atoms with Crippen molar-refractivity contribution in [2.75, 3.05) is 13.7 Å². The highest BCUT2D eigenvalue weighted by molar-refractivity contribution is 4.91. The van der Waals surface area contributed by atoms with Gasteiger partial charge < -0.3 is 10.5 Å². The van der Waals surface area contributed by atoms with E-state index in [-0.39, 0.29) is 0 Å². The van der Waals surface area contributed by atoms with Crippen LogP contribution in [0.5, 0.6) is 0 Å². The van der Waals surface area contributed by atoms with Gasteiger partial charge in [0.1, 0.15) is 0 Å². The predicted octanol–water partition coefficient (Wildman–Crippen LogP) is 2.81. The van der Waals surface area contributed by atoms with Gasteiger partial charge in [0.05, 0.1) is 0 Å². The van der Waals surface area contributed by atoms with Crippen LogP contribution in [0.4, 0.5) is 0 Å². The molecule has 2 fully saturated rings. The van der Waals surface area contributed by atoms with Crippen molar-refractivity contribution in [3.05, 3.63) is 0 Å². The zero-order chi connectivity index (χ0) is 11.5. The summed E-state index contributed by atoms with van der Waals surface area (Å²) in [6.07, 6.45) is 8.34. The fraction of sp³-hybridized carbons (Fsp3) is 1.00. The molecule has 0 amide bonds. The lowest BCUT2D eigenvalue weighted by Crippen LogP contribution is -2.28. The zero-order valence-electron chi connectivity index (χ0n) is 10.8. The lowest BCUT2D eigenvalue weighted by molar-refractivity contribution is 0.148. The molecule has 0 heterocycles. The molecule has 2 nitrogen and oxygen atoms in total. The van der Waals surface area contributed by atoms with Gasteiger partial charge in [-0.05, 0) is 55.8 Å². The molecule has 2 rings (SSSR count). The Morgan fingerprint density at radius 1 is 1.31 bits per heavy atom. The maximum absolute atomic E-state index is 6.26. The quantitative estimate of drug-likeness (QED) is 0.754. The molecule has 0 aromatic rings. The van der Waals surface area contributed by atoms with Gasteiger partial charge in [-0.2, -0.15) is 0 Å². The van der Waals surface area contributed by atoms with Crippen molar-refractivity contribution in [2.24, 2.45) is 29.4 Å². The standard InChI is InChI=1S/C14H27NO/c1-10(9-16-2)5-14(15)8-13-7-11-3-4-12(13)6-11/h10-14H,3-9,15H2,1-2H3. The molecule has 0 radical (unpaired) electrons. The average molecular weight is 225 g/mol. The van der Waals surface area contributed by atoms with Gasteiger partial charge in [-0.3, -0.25) is 0 Å². The number of hydrogen-bond acceptors (Lipinski definition) is 2. The first kappa shape index (κ1) is 12.4. The molecule has 2 heteroatoms. The molecule has 94 valence electrons. The summed E-state index contributed by atoms with van der Waals surface area (Å²) in [5, 5.41) is 0. The minimum absolute atomic E-state index is 0.398. The fourth-order valence-corrected chi connectivity index (χ4v) is 4.02. The molecule has 2 N–H and O–H groups in total. The van der Waals surface area contributed by atoms with Crippen molar-refractivity contribution in [3.63, 3.8) is 0 Å². The Balaban J connectivity index is 1.69. The van der Waals surface area contributed by atoms with E-state index in [0.717, 1.165) is 30.8 Å². The van der Waals surface area contributed by atoms with Gasteiger partial charge in [-0.25, -0.2) is 0 Å². The number of ether oxygens (including phenoxy) is 1. The summed E-state index contributed by atoms with van der Waals surface area (Å²) in [6.45, 7) is 3.09. The second-order valence-corrected chi connectivity index (χ2v) is 6.23. The lowest BCUT2D eigenvalue weighted by atomic mass is 9.83. The van der Waals surface area contributed by atoms with E-state index in [1.165, 1.54) is 32.1 Å². The van der Waals surface area contributed by atoms with Crippen LogP contribution in [0.3, 0.4) is 0 Å². The van der Waals surface area contributed by atoms with Gasteiger partial charge in [-0.15, -0.1) is 0 Å². The third-order valence-corrected chi connectivity index (χ3v) is 4.65. The topological polar surface area (TPSA) is 35.2 Å². The molecule has 2 saturated carbocycles. The first-order chi connectivity index (χ1) is 7.69. The SMILES string of the molecule is COCC(C)CC(N)CC1CC2CCC1C2. The van der Waals surface area contributed by atoms with Crippen LogP contribution < -0.4 is 5.73 Å². The van der Waals surface area contributed by atoms with Crippen LogP contribution in [-0.4, -0.2) is 19.8 Å². The van der Waals surface area contributed by atoms with E-state index in [1.54, 1.807) is 7.11 Å². The second-order valence-electron chi connectivity index (χ2n) is 6.23. The van der Waals surface area contributed by atoms with Crippen LogP contribution in [-0.2, 0) is 4.74 Å². The normalized spacial score (nSPS) is 36.6. The zero-order valence-corrected chi connectivity index (χ0v) is 10.8. The first-order valence-electron chi connectivity index (χ1n) is 6.93. The Bertz CT molecular complexity index is 219. The minimum atomic E-state index is 0.398. The number of methoxy groups -OCH3 is 1. The highest BCUT2D eigenvalue weighted by Crippen LogP contribution is 2.49. The van der Waals surface area contributed by atoms with Gasteiger partial charge in [-0.1, -0.05) is 13.3 Å². The molecular formula is C14H27NO. The predicted molar refractivity (Wildman–Crippen MR) is 67.2 cm³/mol. The van der Waals surface area contributed by atoms with Crippen molar-refractivity contribution in [1.82, 2.24) is 0 Å². The van der Waals surface area contributed by atoms with Gasteiger partial charge in [0.2, 0.25) is 0 Å². The maximum Gasteiger partial charge on any atom is 0.0488 e. The van der Waals surface area contributed by atoms with Crippen LogP contribution in [0.2, 0.25) is 0 Å². The summed E-state index contributed by atoms with van der Waals surface area (Å²) >= 11 is 0. The second kappa shape index (κ2) is 5.50. The number of rotatable bonds is 6. The highest BCUT2D eigenvalue weighted by atomic mass is 16.5. The third-order valence-electron chi connectivity index (χ3n) is 4.65. The molecular weight excluding hydrogens is 198 g/mol. The summed E-state index contributed by atoms with van der Waals surface area (Å²) in [7, 11) is 1.78. The summed E-state index contributed by atoms with van der Waals surface area (Å²) in [5.41, 5.74) is 6.26. The van der Waals surface area contributed by atoms with Crippen molar-refractivity contribution in [3.8, 4) is 0 Å². The maximum atomic E-state index is 6.26. The van der Waals surface area contributed by atoms with Crippen molar-refractivity contribution >= 4 is 0 Å². The largest absolute Gasteiger partial charge is 0.384 e. The van der Waals surface area contributed by atoms with E-state index in [2.05, 4.69) is 6.92 Å².